The van der Waals surface area contributed by atoms with Crippen molar-refractivity contribution in [2.24, 2.45) is 11.7 Å². The Morgan fingerprint density at radius 3 is 1.98 bits per heavy atom. The molecule has 284 valence electrons. The fraction of sp³-hybridized carbons (Fsp3) is 0.486. The highest BCUT2D eigenvalue weighted by Crippen LogP contribution is 2.17. The molecule has 0 aliphatic heterocycles. The molecule has 0 radical (unpaired) electrons. The van der Waals surface area contributed by atoms with Gasteiger partial charge in [0, 0.05) is 19.4 Å². The third-order valence-corrected chi connectivity index (χ3v) is 7.85. The van der Waals surface area contributed by atoms with Crippen molar-refractivity contribution in [3.8, 4) is 0 Å². The minimum Gasteiger partial charge on any atom is -0.481 e. The Bertz CT molecular complexity index is 1600. The summed E-state index contributed by atoms with van der Waals surface area (Å²) in [5.41, 5.74) is 5.97. The molecule has 0 aromatic heterocycles. The first-order valence-electron chi connectivity index (χ1n) is 17.0. The van der Waals surface area contributed by atoms with E-state index in [1.807, 2.05) is 37.3 Å². The zero-order chi connectivity index (χ0) is 38.8. The Labute approximate surface area is 301 Å². The number of aliphatic carboxylic acids is 1. The largest absolute Gasteiger partial charge is 0.481 e. The molecule has 7 amide bonds. The van der Waals surface area contributed by atoms with E-state index >= 15 is 0 Å². The number of carboxylic acid groups (broad SMARTS) is 1. The summed E-state index contributed by atoms with van der Waals surface area (Å²) in [6.07, 6.45) is -0.115. The number of fused-ring (bicyclic) bond motifs is 1. The molecule has 0 saturated heterocycles. The Morgan fingerprint density at radius 2 is 1.37 bits per heavy atom. The van der Waals surface area contributed by atoms with Crippen LogP contribution in [0.15, 0.2) is 42.5 Å². The number of rotatable bonds is 22. The van der Waals surface area contributed by atoms with Crippen molar-refractivity contribution < 1.29 is 48.6 Å². The maximum absolute atomic E-state index is 13.6. The first-order valence-corrected chi connectivity index (χ1v) is 17.0. The fourth-order valence-corrected chi connectivity index (χ4v) is 4.98. The molecule has 0 aliphatic rings. The van der Waals surface area contributed by atoms with Crippen LogP contribution < -0.4 is 37.6 Å². The predicted molar refractivity (Wildman–Crippen MR) is 189 cm³/mol. The van der Waals surface area contributed by atoms with E-state index in [9.17, 15) is 43.5 Å². The minimum atomic E-state index is -1.67. The number of nitrogens with one attached hydrogen (secondary N) is 6. The lowest BCUT2D eigenvalue weighted by Crippen LogP contribution is -2.60. The van der Waals surface area contributed by atoms with Crippen LogP contribution in [0, 0.1) is 5.92 Å². The van der Waals surface area contributed by atoms with Crippen LogP contribution in [-0.2, 0) is 44.8 Å². The van der Waals surface area contributed by atoms with E-state index in [1.165, 1.54) is 0 Å². The van der Waals surface area contributed by atoms with Gasteiger partial charge in [0.15, 0.2) is 0 Å². The standard InChI is InChI=1S/C35H49N7O10/c1-4-5-14-37-29(46)18-38-35(52)31(20(2)3)42-34(51)26(19-43)41-33(50)25(17-27(36)44)40-32(49)24(39-28(45)12-13-30(47)48)16-21-10-11-22-8-6-7-9-23(22)15-21/h6-11,15,20,24-26,31,43H,4-5,12-14,16-19H2,1-3H3,(H2,36,44)(H,37,46)(H,38,52)(H,39,45)(H,40,49)(H,41,50)(H,42,51)(H,47,48). The van der Waals surface area contributed by atoms with Gasteiger partial charge in [0.25, 0.3) is 0 Å². The molecule has 2 rings (SSSR count). The van der Waals surface area contributed by atoms with Crippen LogP contribution in [0.3, 0.4) is 0 Å². The summed E-state index contributed by atoms with van der Waals surface area (Å²) in [6.45, 7) is 4.39. The molecule has 4 unspecified atom stereocenters. The SMILES string of the molecule is CCCCNC(=O)CNC(=O)C(NC(=O)C(CO)NC(=O)C(CC(N)=O)NC(=O)C(Cc1ccc2ccccc2c1)NC(=O)CCC(=O)O)C(C)C. The molecule has 52 heavy (non-hydrogen) atoms. The van der Waals surface area contributed by atoms with Crippen molar-refractivity contribution in [2.75, 3.05) is 19.7 Å². The van der Waals surface area contributed by atoms with E-state index in [-0.39, 0.29) is 13.0 Å². The third kappa shape index (κ3) is 14.7. The maximum Gasteiger partial charge on any atom is 0.303 e. The molecule has 0 saturated carbocycles. The van der Waals surface area contributed by atoms with Crippen LogP contribution in [0.4, 0.5) is 0 Å². The summed E-state index contributed by atoms with van der Waals surface area (Å²) >= 11 is 0. The van der Waals surface area contributed by atoms with Gasteiger partial charge in [-0.2, -0.15) is 0 Å². The highest BCUT2D eigenvalue weighted by Gasteiger charge is 2.33. The van der Waals surface area contributed by atoms with E-state index < -0.39 is 103 Å². The van der Waals surface area contributed by atoms with Crippen molar-refractivity contribution in [2.45, 2.75) is 83.5 Å². The maximum atomic E-state index is 13.6. The molecular weight excluding hydrogens is 678 g/mol. The topological polar surface area (TPSA) is 275 Å². The minimum absolute atomic E-state index is 0.0822. The Hall–Kier alpha value is -5.58. The second-order valence-corrected chi connectivity index (χ2v) is 12.5. The van der Waals surface area contributed by atoms with Crippen LogP contribution >= 0.6 is 0 Å². The molecule has 10 N–H and O–H groups in total. The van der Waals surface area contributed by atoms with Crippen molar-refractivity contribution in [1.29, 1.82) is 0 Å². The number of aliphatic hydroxyl groups excluding tert-OH is 1. The average molecular weight is 728 g/mol. The first-order chi connectivity index (χ1) is 24.6. The van der Waals surface area contributed by atoms with E-state index in [2.05, 4.69) is 31.9 Å². The summed E-state index contributed by atoms with van der Waals surface area (Å²) in [5.74, 6) is -7.53. The molecule has 0 bridgehead atoms. The number of unbranched alkanes of at least 4 members (excludes halogenated alkanes) is 1. The molecule has 17 nitrogen and oxygen atoms in total. The lowest BCUT2D eigenvalue weighted by Gasteiger charge is -2.26. The van der Waals surface area contributed by atoms with Gasteiger partial charge in [-0.1, -0.05) is 69.7 Å². The van der Waals surface area contributed by atoms with Crippen molar-refractivity contribution in [3.63, 3.8) is 0 Å². The number of carbonyl (C=O) groups is 8. The average Bonchev–Trinajstić information content (AvgIpc) is 3.09. The van der Waals surface area contributed by atoms with Crippen LogP contribution in [0.1, 0.15) is 58.4 Å². The summed E-state index contributed by atoms with van der Waals surface area (Å²) < 4.78 is 0. The van der Waals surface area contributed by atoms with Crippen molar-refractivity contribution >= 4 is 58.1 Å². The summed E-state index contributed by atoms with van der Waals surface area (Å²) in [5, 5.41) is 35.4. The number of carbonyl (C=O) groups excluding carboxylic acids is 7. The molecule has 2 aromatic rings. The van der Waals surface area contributed by atoms with Gasteiger partial charge >= 0.3 is 5.97 Å². The smallest absolute Gasteiger partial charge is 0.303 e. The number of benzene rings is 2. The number of amides is 7. The van der Waals surface area contributed by atoms with Crippen LogP contribution in [0.5, 0.6) is 0 Å². The number of carboxylic acids is 1. The quantitative estimate of drug-likeness (QED) is 0.0650. The lowest BCUT2D eigenvalue weighted by molar-refractivity contribution is -0.139. The highest BCUT2D eigenvalue weighted by molar-refractivity contribution is 5.98. The Morgan fingerprint density at radius 1 is 0.731 bits per heavy atom. The van der Waals surface area contributed by atoms with Gasteiger partial charge in [-0.15, -0.1) is 0 Å². The number of hydrogen-bond acceptors (Lipinski definition) is 9. The van der Waals surface area contributed by atoms with E-state index in [4.69, 9.17) is 10.8 Å². The van der Waals surface area contributed by atoms with Crippen molar-refractivity contribution in [3.05, 3.63) is 48.0 Å². The number of hydrogen-bond donors (Lipinski definition) is 9. The van der Waals surface area contributed by atoms with Gasteiger partial charge in [0.2, 0.25) is 41.4 Å². The predicted octanol–water partition coefficient (Wildman–Crippen LogP) is -1.26. The van der Waals surface area contributed by atoms with Gasteiger partial charge in [0.05, 0.1) is 26.0 Å². The van der Waals surface area contributed by atoms with Crippen LogP contribution in [0.2, 0.25) is 0 Å². The van der Waals surface area contributed by atoms with Gasteiger partial charge in [-0.3, -0.25) is 38.4 Å². The monoisotopic (exact) mass is 727 g/mol. The van der Waals surface area contributed by atoms with Gasteiger partial charge in [-0.05, 0) is 28.7 Å². The van der Waals surface area contributed by atoms with E-state index in [1.54, 1.807) is 26.0 Å². The summed E-state index contributed by atoms with van der Waals surface area (Å²) in [7, 11) is 0. The van der Waals surface area contributed by atoms with Gasteiger partial charge < -0.3 is 47.8 Å². The molecule has 0 fully saturated rings. The van der Waals surface area contributed by atoms with E-state index in [0.717, 1.165) is 23.6 Å². The van der Waals surface area contributed by atoms with Crippen LogP contribution in [-0.4, -0.2) is 101 Å². The molecule has 2 aromatic carbocycles. The molecule has 0 heterocycles. The molecule has 4 atom stereocenters. The highest BCUT2D eigenvalue weighted by atomic mass is 16.4. The van der Waals surface area contributed by atoms with Crippen molar-refractivity contribution in [1.82, 2.24) is 31.9 Å². The second-order valence-electron chi connectivity index (χ2n) is 12.5. The lowest BCUT2D eigenvalue weighted by atomic mass is 10.0. The second kappa shape index (κ2) is 21.6. The zero-order valence-corrected chi connectivity index (χ0v) is 29.5. The number of primary amides is 1. The summed E-state index contributed by atoms with van der Waals surface area (Å²) in [6, 6.07) is 6.95. The first kappa shape index (κ1) is 42.6. The van der Waals surface area contributed by atoms with Gasteiger partial charge in [0.1, 0.15) is 24.2 Å². The van der Waals surface area contributed by atoms with Crippen LogP contribution in [0.25, 0.3) is 10.8 Å². The Balaban J connectivity index is 2.20. The van der Waals surface area contributed by atoms with E-state index in [0.29, 0.717) is 12.1 Å². The Kier molecular flexibility index (Phi) is 17.7. The number of aliphatic hydroxyl groups is 1. The van der Waals surface area contributed by atoms with Gasteiger partial charge in [-0.25, -0.2) is 0 Å². The summed E-state index contributed by atoms with van der Waals surface area (Å²) in [4.78, 5) is 100. The molecular formula is C35H49N7O10. The molecule has 17 heteroatoms. The third-order valence-electron chi connectivity index (χ3n) is 7.85. The fourth-order valence-electron chi connectivity index (χ4n) is 4.98. The molecule has 0 spiro atoms. The molecule has 0 aliphatic carbocycles. The normalized spacial score (nSPS) is 13.2. The zero-order valence-electron chi connectivity index (χ0n) is 29.5. The number of nitrogens with two attached hydrogens (primary N) is 1.